The molecular formula is C30H33N6+. The normalized spacial score (nSPS) is 24.8. The summed E-state index contributed by atoms with van der Waals surface area (Å²) in [5.41, 5.74) is 6.09. The Labute approximate surface area is 212 Å². The lowest BCUT2D eigenvalue weighted by Crippen LogP contribution is -2.53. The van der Waals surface area contributed by atoms with Gasteiger partial charge in [-0.25, -0.2) is 4.98 Å². The minimum atomic E-state index is 0.0694. The zero-order valence-electron chi connectivity index (χ0n) is 21.0. The summed E-state index contributed by atoms with van der Waals surface area (Å²) in [4.78, 5) is 17.1. The summed E-state index contributed by atoms with van der Waals surface area (Å²) in [6.45, 7) is 7.86. The number of allylic oxidation sites excluding steroid dienone is 2. The fourth-order valence-electron chi connectivity index (χ4n) is 5.69. The summed E-state index contributed by atoms with van der Waals surface area (Å²) >= 11 is 0. The summed E-state index contributed by atoms with van der Waals surface area (Å²) < 4.78 is 0.0694. The van der Waals surface area contributed by atoms with Crippen molar-refractivity contribution in [2.45, 2.75) is 26.7 Å². The smallest absolute Gasteiger partial charge is 0.264 e. The van der Waals surface area contributed by atoms with E-state index >= 15 is 0 Å². The molecule has 3 heterocycles. The second kappa shape index (κ2) is 9.21. The fraction of sp³-hybridized carbons (Fsp3) is 0.300. The maximum atomic E-state index is 7.01. The van der Waals surface area contributed by atoms with Gasteiger partial charge in [-0.3, -0.25) is 4.99 Å². The topological polar surface area (TPSA) is 66.9 Å². The van der Waals surface area contributed by atoms with E-state index in [-0.39, 0.29) is 4.59 Å². The summed E-state index contributed by atoms with van der Waals surface area (Å²) in [6.07, 6.45) is 7.92. The van der Waals surface area contributed by atoms with Crippen LogP contribution in [0.25, 0.3) is 22.2 Å². The molecular weight excluding hydrogens is 444 g/mol. The number of rotatable bonds is 7. The molecule has 1 atom stereocenters. The predicted molar refractivity (Wildman–Crippen MR) is 147 cm³/mol. The molecule has 1 aromatic heterocycles. The van der Waals surface area contributed by atoms with Gasteiger partial charge < -0.3 is 4.90 Å². The molecule has 2 aromatic carbocycles. The molecule has 1 saturated carbocycles. The number of quaternary nitrogens is 1. The molecule has 2 N–H and O–H groups in total. The standard InChI is InChI=1S/C30H33N6/c1-3-35(4-2)20-21-16-25(17-21)29-28-19-32-14-15-36(28,31)30(34-29)24-11-10-23-12-13-26(33-27(23)18-24)22-8-6-5-7-9-22/h5-15,18-19,21,25H,3-4,16-17,20,31H2,1-2H3/q+1. The highest BCUT2D eigenvalue weighted by atomic mass is 15.6. The monoisotopic (exact) mass is 477 g/mol. The van der Waals surface area contributed by atoms with E-state index in [1.54, 1.807) is 6.20 Å². The number of hydrogen-bond donors (Lipinski definition) is 1. The van der Waals surface area contributed by atoms with E-state index in [2.05, 4.69) is 66.2 Å². The molecule has 182 valence electrons. The molecule has 6 heteroatoms. The number of fused-ring (bicyclic) bond motifs is 2. The van der Waals surface area contributed by atoms with Gasteiger partial charge in [-0.2, -0.15) is 10.8 Å². The lowest BCUT2D eigenvalue weighted by Gasteiger charge is -2.38. The van der Waals surface area contributed by atoms with Gasteiger partial charge in [-0.05, 0) is 50.0 Å². The molecule has 3 aliphatic rings. The van der Waals surface area contributed by atoms with Crippen LogP contribution in [0.2, 0.25) is 0 Å². The molecule has 6 nitrogen and oxygen atoms in total. The minimum Gasteiger partial charge on any atom is -0.304 e. The van der Waals surface area contributed by atoms with Crippen molar-refractivity contribution in [3.8, 4) is 11.3 Å². The van der Waals surface area contributed by atoms with Crippen LogP contribution in [-0.2, 0) is 0 Å². The number of amidine groups is 1. The Morgan fingerprint density at radius 3 is 2.53 bits per heavy atom. The average Bonchev–Trinajstić information content (AvgIpc) is 3.20. The first kappa shape index (κ1) is 23.0. The summed E-state index contributed by atoms with van der Waals surface area (Å²) in [6, 6.07) is 20.8. The Morgan fingerprint density at radius 1 is 0.972 bits per heavy atom. The molecule has 1 aliphatic carbocycles. The number of benzene rings is 2. The number of nitrogens with two attached hydrogens (primary N) is 1. The Bertz CT molecular complexity index is 1410. The van der Waals surface area contributed by atoms with Gasteiger partial charge in [-0.1, -0.05) is 56.3 Å². The van der Waals surface area contributed by atoms with Crippen LogP contribution in [0, 0.1) is 11.8 Å². The van der Waals surface area contributed by atoms with Crippen molar-refractivity contribution in [1.82, 2.24) is 9.88 Å². The van der Waals surface area contributed by atoms with E-state index in [0.29, 0.717) is 5.92 Å². The SMILES string of the molecule is CCN(CC)CC1CC(C2=C3C=NC=C[N+]3(N)C(c3ccc4ccc(-c5ccccc5)nc4c3)=N2)C1. The van der Waals surface area contributed by atoms with Crippen LogP contribution >= 0.6 is 0 Å². The molecule has 6 rings (SSSR count). The van der Waals surface area contributed by atoms with Crippen molar-refractivity contribution in [2.75, 3.05) is 19.6 Å². The predicted octanol–water partition coefficient (Wildman–Crippen LogP) is 5.49. The molecule has 36 heavy (non-hydrogen) atoms. The summed E-state index contributed by atoms with van der Waals surface area (Å²) in [5, 5.41) is 1.10. The molecule has 1 fully saturated rings. The molecule has 2 aliphatic heterocycles. The quantitative estimate of drug-likeness (QED) is 0.362. The molecule has 0 amide bonds. The number of nitrogens with zero attached hydrogens (tertiary/aromatic N) is 5. The largest absolute Gasteiger partial charge is 0.304 e. The second-order valence-electron chi connectivity index (χ2n) is 10.0. The van der Waals surface area contributed by atoms with Crippen LogP contribution < -0.4 is 5.84 Å². The summed E-state index contributed by atoms with van der Waals surface area (Å²) in [5.74, 6) is 9.00. The lowest BCUT2D eigenvalue weighted by molar-refractivity contribution is -0.750. The van der Waals surface area contributed by atoms with Crippen LogP contribution in [-0.4, -0.2) is 46.2 Å². The highest BCUT2D eigenvalue weighted by Gasteiger charge is 2.48. The van der Waals surface area contributed by atoms with Crippen LogP contribution in [0.5, 0.6) is 0 Å². The van der Waals surface area contributed by atoms with Gasteiger partial charge in [0.25, 0.3) is 5.84 Å². The highest BCUT2D eigenvalue weighted by molar-refractivity contribution is 6.02. The van der Waals surface area contributed by atoms with E-state index in [1.807, 2.05) is 30.6 Å². The Morgan fingerprint density at radius 2 is 1.75 bits per heavy atom. The molecule has 0 spiro atoms. The fourth-order valence-corrected chi connectivity index (χ4v) is 5.69. The number of aromatic nitrogens is 1. The van der Waals surface area contributed by atoms with E-state index in [4.69, 9.17) is 15.8 Å². The maximum absolute atomic E-state index is 7.01. The van der Waals surface area contributed by atoms with Gasteiger partial charge in [-0.15, -0.1) is 4.59 Å². The first-order chi connectivity index (χ1) is 17.6. The minimum absolute atomic E-state index is 0.0694. The van der Waals surface area contributed by atoms with Crippen molar-refractivity contribution < 1.29 is 4.59 Å². The molecule has 0 radical (unpaired) electrons. The number of pyridine rings is 1. The third kappa shape index (κ3) is 3.91. The third-order valence-corrected chi connectivity index (χ3v) is 7.88. The Balaban J connectivity index is 1.33. The van der Waals surface area contributed by atoms with E-state index in [1.165, 1.54) is 6.54 Å². The second-order valence-corrected chi connectivity index (χ2v) is 10.0. The van der Waals surface area contributed by atoms with Gasteiger partial charge in [0.1, 0.15) is 11.9 Å². The average molecular weight is 478 g/mol. The van der Waals surface area contributed by atoms with Crippen LogP contribution in [0.4, 0.5) is 0 Å². The van der Waals surface area contributed by atoms with Crippen molar-refractivity contribution in [2.24, 2.45) is 27.7 Å². The van der Waals surface area contributed by atoms with Gasteiger partial charge in [0, 0.05) is 23.4 Å². The first-order valence-electron chi connectivity index (χ1n) is 13.0. The van der Waals surface area contributed by atoms with Crippen LogP contribution in [0.1, 0.15) is 32.3 Å². The van der Waals surface area contributed by atoms with Gasteiger partial charge in [0.05, 0.1) is 29.2 Å². The molecule has 1 unspecified atom stereocenters. The summed E-state index contributed by atoms with van der Waals surface area (Å²) in [7, 11) is 0. The van der Waals surface area contributed by atoms with Crippen LogP contribution in [0.15, 0.2) is 94.4 Å². The molecule has 3 aromatic rings. The van der Waals surface area contributed by atoms with E-state index < -0.39 is 0 Å². The van der Waals surface area contributed by atoms with Gasteiger partial charge in [0.2, 0.25) is 5.70 Å². The van der Waals surface area contributed by atoms with Gasteiger partial charge in [0.15, 0.2) is 0 Å². The maximum Gasteiger partial charge on any atom is 0.264 e. The van der Waals surface area contributed by atoms with E-state index in [0.717, 1.165) is 76.8 Å². The highest BCUT2D eigenvalue weighted by Crippen LogP contribution is 2.45. The Hall–Kier alpha value is -3.45. The number of aliphatic imine (C=N–C) groups is 2. The van der Waals surface area contributed by atoms with Crippen LogP contribution in [0.3, 0.4) is 0 Å². The Kier molecular flexibility index (Phi) is 5.88. The molecule has 0 bridgehead atoms. The van der Waals surface area contributed by atoms with Crippen molar-refractivity contribution in [3.05, 3.63) is 90.0 Å². The molecule has 0 saturated heterocycles. The zero-order valence-corrected chi connectivity index (χ0v) is 21.0. The first-order valence-corrected chi connectivity index (χ1v) is 13.0. The van der Waals surface area contributed by atoms with Gasteiger partial charge >= 0.3 is 0 Å². The van der Waals surface area contributed by atoms with Crippen molar-refractivity contribution >= 4 is 23.0 Å². The zero-order chi connectivity index (χ0) is 24.7. The lowest BCUT2D eigenvalue weighted by atomic mass is 9.72. The van der Waals surface area contributed by atoms with Crippen molar-refractivity contribution in [3.63, 3.8) is 0 Å². The van der Waals surface area contributed by atoms with E-state index in [9.17, 15) is 0 Å². The third-order valence-electron chi connectivity index (χ3n) is 7.88. The number of hydrogen-bond acceptors (Lipinski definition) is 5. The van der Waals surface area contributed by atoms with Crippen molar-refractivity contribution in [1.29, 1.82) is 0 Å².